The molecule has 0 aliphatic carbocycles. The van der Waals surface area contributed by atoms with Gasteiger partial charge in [-0.3, -0.25) is 5.32 Å². The van der Waals surface area contributed by atoms with Gasteiger partial charge in [0, 0.05) is 0 Å². The largest absolute Gasteiger partial charge is 0.449 e. The lowest BCUT2D eigenvalue weighted by Gasteiger charge is -2.24. The predicted octanol–water partition coefficient (Wildman–Crippen LogP) is 3.52. The normalized spacial score (nSPS) is 11.1. The number of hydrogen-bond donors (Lipinski definition) is 2. The molecule has 0 aromatic heterocycles. The highest BCUT2D eigenvalue weighted by atomic mass is 16.5. The van der Waals surface area contributed by atoms with Gasteiger partial charge in [0.05, 0.1) is 18.0 Å². The molecule has 0 saturated carbocycles. The molecule has 1 rings (SSSR count). The van der Waals surface area contributed by atoms with E-state index in [9.17, 15) is 4.79 Å². The van der Waals surface area contributed by atoms with Crippen molar-refractivity contribution in [3.05, 3.63) is 23.8 Å². The maximum Gasteiger partial charge on any atom is 0.411 e. The Hall–Kier alpha value is -1.71. The van der Waals surface area contributed by atoms with E-state index in [1.807, 2.05) is 19.1 Å². The second-order valence-corrected chi connectivity index (χ2v) is 5.28. The highest BCUT2D eigenvalue weighted by molar-refractivity contribution is 5.90. The van der Waals surface area contributed by atoms with E-state index in [-0.39, 0.29) is 5.41 Å². The van der Waals surface area contributed by atoms with E-state index in [1.54, 1.807) is 6.07 Å². The monoisotopic (exact) mass is 250 g/mol. The number of nitrogens with two attached hydrogens (primary N) is 1. The molecule has 0 unspecified atom stereocenters. The lowest BCUT2D eigenvalue weighted by Crippen LogP contribution is -2.20. The predicted molar refractivity (Wildman–Crippen MR) is 74.8 cm³/mol. The van der Waals surface area contributed by atoms with Gasteiger partial charge < -0.3 is 10.5 Å². The number of hydrogen-bond acceptors (Lipinski definition) is 3. The highest BCUT2D eigenvalue weighted by Gasteiger charge is 2.20. The van der Waals surface area contributed by atoms with Crippen LogP contribution in [0, 0.1) is 0 Å². The van der Waals surface area contributed by atoms with E-state index >= 15 is 0 Å². The number of carbonyl (C=O) groups is 1. The van der Waals surface area contributed by atoms with Crippen LogP contribution < -0.4 is 11.1 Å². The van der Waals surface area contributed by atoms with E-state index < -0.39 is 6.09 Å². The van der Waals surface area contributed by atoms with Gasteiger partial charge in [-0.05, 0) is 23.5 Å². The highest BCUT2D eigenvalue weighted by Crippen LogP contribution is 2.33. The molecule has 0 heterocycles. The summed E-state index contributed by atoms with van der Waals surface area (Å²) >= 11 is 0. The van der Waals surface area contributed by atoms with Gasteiger partial charge in [-0.2, -0.15) is 0 Å². The molecule has 0 saturated heterocycles. The van der Waals surface area contributed by atoms with E-state index in [2.05, 4.69) is 26.1 Å². The molecule has 4 heteroatoms. The molecular weight excluding hydrogens is 228 g/mol. The third-order valence-corrected chi connectivity index (χ3v) is 2.57. The van der Waals surface area contributed by atoms with Crippen LogP contribution >= 0.6 is 0 Å². The fourth-order valence-electron chi connectivity index (χ4n) is 1.67. The van der Waals surface area contributed by atoms with Gasteiger partial charge in [0.25, 0.3) is 0 Å². The first-order valence-electron chi connectivity index (χ1n) is 6.19. The number of anilines is 2. The van der Waals surface area contributed by atoms with Gasteiger partial charge in [0.15, 0.2) is 0 Å². The van der Waals surface area contributed by atoms with Gasteiger partial charge in [-0.1, -0.05) is 39.8 Å². The van der Waals surface area contributed by atoms with Crippen LogP contribution in [0.2, 0.25) is 0 Å². The van der Waals surface area contributed by atoms with Gasteiger partial charge in [-0.25, -0.2) is 4.79 Å². The molecule has 1 aromatic carbocycles. The van der Waals surface area contributed by atoms with Crippen molar-refractivity contribution >= 4 is 17.5 Å². The molecule has 100 valence electrons. The fraction of sp³-hybridized carbons (Fsp3) is 0.500. The number of amides is 1. The number of carbonyl (C=O) groups excluding carboxylic acids is 1. The number of rotatable bonds is 3. The molecule has 0 spiro atoms. The van der Waals surface area contributed by atoms with Crippen molar-refractivity contribution in [3.8, 4) is 0 Å². The Morgan fingerprint density at radius 1 is 1.39 bits per heavy atom. The van der Waals surface area contributed by atoms with Crippen LogP contribution in [-0.2, 0) is 10.2 Å². The summed E-state index contributed by atoms with van der Waals surface area (Å²) in [4.78, 5) is 11.6. The van der Waals surface area contributed by atoms with Gasteiger partial charge >= 0.3 is 6.09 Å². The minimum atomic E-state index is -0.458. The quantitative estimate of drug-likeness (QED) is 0.807. The van der Waals surface area contributed by atoms with Crippen molar-refractivity contribution in [2.75, 3.05) is 17.7 Å². The summed E-state index contributed by atoms with van der Waals surface area (Å²) in [6.07, 6.45) is 0.337. The zero-order valence-corrected chi connectivity index (χ0v) is 11.5. The lowest BCUT2D eigenvalue weighted by atomic mass is 9.85. The zero-order valence-electron chi connectivity index (χ0n) is 11.5. The fourth-order valence-corrected chi connectivity index (χ4v) is 1.67. The second kappa shape index (κ2) is 5.76. The van der Waals surface area contributed by atoms with Crippen LogP contribution in [0.3, 0.4) is 0 Å². The summed E-state index contributed by atoms with van der Waals surface area (Å²) < 4.78 is 5.01. The van der Waals surface area contributed by atoms with E-state index in [0.29, 0.717) is 18.0 Å². The smallest absolute Gasteiger partial charge is 0.411 e. The van der Waals surface area contributed by atoms with Crippen molar-refractivity contribution in [2.45, 2.75) is 39.5 Å². The lowest BCUT2D eigenvalue weighted by molar-refractivity contribution is 0.161. The first-order chi connectivity index (χ1) is 8.36. The van der Waals surface area contributed by atoms with Crippen molar-refractivity contribution in [1.29, 1.82) is 0 Å². The van der Waals surface area contributed by atoms with Gasteiger partial charge in [0.1, 0.15) is 0 Å². The van der Waals surface area contributed by atoms with E-state index in [4.69, 9.17) is 10.5 Å². The summed E-state index contributed by atoms with van der Waals surface area (Å²) in [5.41, 5.74) is 8.02. The van der Waals surface area contributed by atoms with Gasteiger partial charge in [0.2, 0.25) is 0 Å². The number of para-hydroxylation sites is 1. The van der Waals surface area contributed by atoms with Crippen LogP contribution in [0.25, 0.3) is 0 Å². The Labute approximate surface area is 109 Å². The Balaban J connectivity index is 2.97. The molecule has 0 bridgehead atoms. The standard InChI is InChI=1S/C14H22N2O2/c1-5-9-18-13(17)16-12-10(14(2,3)4)7-6-8-11(12)15/h6-8H,5,9,15H2,1-4H3,(H,16,17). The minimum Gasteiger partial charge on any atom is -0.449 e. The molecule has 0 atom stereocenters. The van der Waals surface area contributed by atoms with Crippen LogP contribution in [-0.4, -0.2) is 12.7 Å². The Kier molecular flexibility index (Phi) is 4.59. The minimum absolute atomic E-state index is 0.0945. The van der Waals surface area contributed by atoms with Crippen molar-refractivity contribution in [2.24, 2.45) is 0 Å². The second-order valence-electron chi connectivity index (χ2n) is 5.28. The summed E-state index contributed by atoms with van der Waals surface area (Å²) in [6.45, 7) is 8.58. The van der Waals surface area contributed by atoms with E-state index in [0.717, 1.165) is 12.0 Å². The third kappa shape index (κ3) is 3.65. The number of nitrogens with one attached hydrogen (secondary N) is 1. The molecule has 3 N–H and O–H groups in total. The summed E-state index contributed by atoms with van der Waals surface area (Å²) in [5, 5.41) is 2.73. The maximum atomic E-state index is 11.6. The zero-order chi connectivity index (χ0) is 13.8. The Morgan fingerprint density at radius 3 is 2.61 bits per heavy atom. The summed E-state index contributed by atoms with van der Waals surface area (Å²) in [5.74, 6) is 0. The number of nitrogen functional groups attached to an aromatic ring is 1. The first-order valence-corrected chi connectivity index (χ1v) is 6.19. The Bertz CT molecular complexity index is 422. The topological polar surface area (TPSA) is 64.3 Å². The number of benzene rings is 1. The first kappa shape index (κ1) is 14.4. The molecule has 1 aromatic rings. The van der Waals surface area contributed by atoms with Crippen LogP contribution in [0.1, 0.15) is 39.7 Å². The van der Waals surface area contributed by atoms with Crippen molar-refractivity contribution in [3.63, 3.8) is 0 Å². The molecule has 0 fully saturated rings. The molecule has 4 nitrogen and oxygen atoms in total. The molecule has 0 aliphatic rings. The molecule has 18 heavy (non-hydrogen) atoms. The number of ether oxygens (including phenoxy) is 1. The van der Waals surface area contributed by atoms with Crippen molar-refractivity contribution in [1.82, 2.24) is 0 Å². The average Bonchev–Trinajstić information content (AvgIpc) is 2.27. The summed E-state index contributed by atoms with van der Waals surface area (Å²) in [7, 11) is 0. The van der Waals surface area contributed by atoms with Crippen LogP contribution in [0.15, 0.2) is 18.2 Å². The maximum absolute atomic E-state index is 11.6. The SMILES string of the molecule is CCCOC(=O)Nc1c(N)cccc1C(C)(C)C. The average molecular weight is 250 g/mol. The molecule has 0 radical (unpaired) electrons. The molecule has 1 amide bonds. The van der Waals surface area contributed by atoms with Crippen LogP contribution in [0.4, 0.5) is 16.2 Å². The Morgan fingerprint density at radius 2 is 2.06 bits per heavy atom. The summed E-state index contributed by atoms with van der Waals surface area (Å²) in [6, 6.07) is 5.62. The molecular formula is C14H22N2O2. The van der Waals surface area contributed by atoms with Crippen LogP contribution in [0.5, 0.6) is 0 Å². The van der Waals surface area contributed by atoms with E-state index in [1.165, 1.54) is 0 Å². The molecule has 0 aliphatic heterocycles. The third-order valence-electron chi connectivity index (χ3n) is 2.57. The van der Waals surface area contributed by atoms with Gasteiger partial charge in [-0.15, -0.1) is 0 Å². The van der Waals surface area contributed by atoms with Crippen molar-refractivity contribution < 1.29 is 9.53 Å².